The molecule has 0 spiro atoms. The van der Waals surface area contributed by atoms with Crippen molar-refractivity contribution in [3.8, 4) is 0 Å². The van der Waals surface area contributed by atoms with Crippen molar-refractivity contribution < 1.29 is 8.42 Å². The Kier molecular flexibility index (Phi) is 5.68. The fourth-order valence-corrected chi connectivity index (χ4v) is 4.30. The SMILES string of the molecule is CS(=O)(=O)c1cnc(NCCN2CCCC2)nc1[C@H]1CCCNC1. The van der Waals surface area contributed by atoms with Gasteiger partial charge >= 0.3 is 0 Å². The summed E-state index contributed by atoms with van der Waals surface area (Å²) in [5.41, 5.74) is 0.656. The maximum atomic E-state index is 12.1. The fourth-order valence-electron chi connectivity index (χ4n) is 3.46. The third-order valence-corrected chi connectivity index (χ3v) is 5.89. The quantitative estimate of drug-likeness (QED) is 0.784. The zero-order valence-electron chi connectivity index (χ0n) is 14.3. The second-order valence-corrected chi connectivity index (χ2v) is 8.72. The van der Waals surface area contributed by atoms with Gasteiger partial charge in [0.05, 0.1) is 11.9 Å². The number of nitrogens with zero attached hydrogens (tertiary/aromatic N) is 3. The van der Waals surface area contributed by atoms with Crippen molar-refractivity contribution in [2.75, 3.05) is 50.8 Å². The lowest BCUT2D eigenvalue weighted by Crippen LogP contribution is -2.30. The van der Waals surface area contributed by atoms with E-state index >= 15 is 0 Å². The van der Waals surface area contributed by atoms with E-state index < -0.39 is 9.84 Å². The van der Waals surface area contributed by atoms with Gasteiger partial charge < -0.3 is 15.5 Å². The molecule has 3 rings (SSSR count). The van der Waals surface area contributed by atoms with Crippen LogP contribution in [0, 0.1) is 0 Å². The lowest BCUT2D eigenvalue weighted by atomic mass is 9.96. The third-order valence-electron chi connectivity index (χ3n) is 4.78. The molecule has 0 aliphatic carbocycles. The second-order valence-electron chi connectivity index (χ2n) is 6.73. The van der Waals surface area contributed by atoms with E-state index in [1.54, 1.807) is 0 Å². The number of hydrogen-bond acceptors (Lipinski definition) is 7. The smallest absolute Gasteiger partial charge is 0.222 e. The summed E-state index contributed by atoms with van der Waals surface area (Å²) in [7, 11) is -3.32. The molecule has 134 valence electrons. The van der Waals surface area contributed by atoms with Gasteiger partial charge in [0.15, 0.2) is 9.84 Å². The average molecular weight is 353 g/mol. The molecule has 1 aromatic rings. The molecule has 0 saturated carbocycles. The number of aromatic nitrogens is 2. The molecule has 3 heterocycles. The molecule has 2 saturated heterocycles. The van der Waals surface area contributed by atoms with Crippen LogP contribution in [0.4, 0.5) is 5.95 Å². The number of likely N-dealkylation sites (tertiary alicyclic amines) is 1. The monoisotopic (exact) mass is 353 g/mol. The zero-order valence-corrected chi connectivity index (χ0v) is 15.1. The topological polar surface area (TPSA) is 87.2 Å². The lowest BCUT2D eigenvalue weighted by molar-refractivity contribution is 0.352. The van der Waals surface area contributed by atoms with E-state index in [9.17, 15) is 8.42 Å². The first kappa shape index (κ1) is 17.6. The van der Waals surface area contributed by atoms with E-state index in [2.05, 4.69) is 25.5 Å². The summed E-state index contributed by atoms with van der Waals surface area (Å²) in [6.07, 6.45) is 7.24. The number of nitrogens with one attached hydrogen (secondary N) is 2. The van der Waals surface area contributed by atoms with Crippen LogP contribution in [-0.2, 0) is 9.84 Å². The van der Waals surface area contributed by atoms with Crippen molar-refractivity contribution in [3.63, 3.8) is 0 Å². The summed E-state index contributed by atoms with van der Waals surface area (Å²) in [5.74, 6) is 0.660. The summed E-state index contributed by atoms with van der Waals surface area (Å²) in [4.78, 5) is 11.5. The maximum absolute atomic E-state index is 12.1. The van der Waals surface area contributed by atoms with E-state index in [4.69, 9.17) is 0 Å². The minimum absolute atomic E-state index is 0.130. The zero-order chi connectivity index (χ0) is 17.0. The third kappa shape index (κ3) is 4.43. The molecule has 2 N–H and O–H groups in total. The van der Waals surface area contributed by atoms with Crippen LogP contribution < -0.4 is 10.6 Å². The minimum Gasteiger partial charge on any atom is -0.353 e. The molecule has 0 radical (unpaired) electrons. The highest BCUT2D eigenvalue weighted by Gasteiger charge is 2.25. The van der Waals surface area contributed by atoms with Gasteiger partial charge in [0, 0.05) is 31.8 Å². The molecule has 0 aromatic carbocycles. The summed E-state index contributed by atoms with van der Waals surface area (Å²) in [6.45, 7) is 5.82. The number of rotatable bonds is 6. The van der Waals surface area contributed by atoms with Crippen molar-refractivity contribution in [1.82, 2.24) is 20.2 Å². The Labute approximate surface area is 144 Å². The van der Waals surface area contributed by atoms with E-state index in [1.165, 1.54) is 25.3 Å². The first-order valence-corrected chi connectivity index (χ1v) is 10.7. The lowest BCUT2D eigenvalue weighted by Gasteiger charge is -2.24. The van der Waals surface area contributed by atoms with Crippen LogP contribution in [0.15, 0.2) is 11.1 Å². The molecule has 0 amide bonds. The van der Waals surface area contributed by atoms with Gasteiger partial charge in [-0.25, -0.2) is 18.4 Å². The minimum atomic E-state index is -3.32. The van der Waals surface area contributed by atoms with E-state index in [1.807, 2.05) is 0 Å². The molecule has 0 bridgehead atoms. The molecule has 7 nitrogen and oxygen atoms in total. The highest BCUT2D eigenvalue weighted by Crippen LogP contribution is 2.27. The van der Waals surface area contributed by atoms with Crippen molar-refractivity contribution >= 4 is 15.8 Å². The highest BCUT2D eigenvalue weighted by molar-refractivity contribution is 7.90. The van der Waals surface area contributed by atoms with Gasteiger partial charge in [-0.1, -0.05) is 0 Å². The Morgan fingerprint density at radius 2 is 2.12 bits per heavy atom. The molecule has 0 unspecified atom stereocenters. The van der Waals surface area contributed by atoms with E-state index in [-0.39, 0.29) is 10.8 Å². The van der Waals surface area contributed by atoms with Crippen molar-refractivity contribution in [2.24, 2.45) is 0 Å². The van der Waals surface area contributed by atoms with Gasteiger partial charge in [0.2, 0.25) is 5.95 Å². The number of hydrogen-bond donors (Lipinski definition) is 2. The number of sulfone groups is 1. The molecule has 24 heavy (non-hydrogen) atoms. The molecule has 1 atom stereocenters. The molecular formula is C16H27N5O2S. The normalized spacial score (nSPS) is 22.6. The van der Waals surface area contributed by atoms with Crippen LogP contribution in [0.5, 0.6) is 0 Å². The van der Waals surface area contributed by atoms with E-state index in [0.29, 0.717) is 11.6 Å². The Morgan fingerprint density at radius 1 is 1.33 bits per heavy atom. The van der Waals surface area contributed by atoms with Crippen LogP contribution in [0.2, 0.25) is 0 Å². The van der Waals surface area contributed by atoms with Crippen LogP contribution in [0.3, 0.4) is 0 Å². The Morgan fingerprint density at radius 3 is 2.79 bits per heavy atom. The maximum Gasteiger partial charge on any atom is 0.222 e. The van der Waals surface area contributed by atoms with Gasteiger partial charge in [-0.05, 0) is 45.3 Å². The fraction of sp³-hybridized carbons (Fsp3) is 0.750. The Bertz CT molecular complexity index is 652. The molecule has 2 fully saturated rings. The summed E-state index contributed by atoms with van der Waals surface area (Å²) >= 11 is 0. The second kappa shape index (κ2) is 7.76. The van der Waals surface area contributed by atoms with Crippen molar-refractivity contribution in [3.05, 3.63) is 11.9 Å². The first-order valence-electron chi connectivity index (χ1n) is 8.78. The summed E-state index contributed by atoms with van der Waals surface area (Å²) < 4.78 is 24.1. The standard InChI is InChI=1S/C16H27N5O2S/c1-24(22,23)14-12-19-16(18-7-10-21-8-2-3-9-21)20-15(14)13-5-4-6-17-11-13/h12-13,17H,2-11H2,1H3,(H,18,19,20)/t13-/m0/s1. The van der Waals surface area contributed by atoms with Gasteiger partial charge in [0.1, 0.15) is 4.90 Å². The van der Waals surface area contributed by atoms with Crippen molar-refractivity contribution in [2.45, 2.75) is 36.5 Å². The van der Waals surface area contributed by atoms with Gasteiger partial charge in [-0.2, -0.15) is 0 Å². The number of piperidine rings is 1. The molecular weight excluding hydrogens is 326 g/mol. The van der Waals surface area contributed by atoms with Crippen LogP contribution >= 0.6 is 0 Å². The van der Waals surface area contributed by atoms with Gasteiger partial charge in [-0.15, -0.1) is 0 Å². The molecule has 8 heteroatoms. The highest BCUT2D eigenvalue weighted by atomic mass is 32.2. The molecule has 1 aromatic heterocycles. The van der Waals surface area contributed by atoms with Crippen molar-refractivity contribution in [1.29, 1.82) is 0 Å². The molecule has 2 aliphatic rings. The van der Waals surface area contributed by atoms with E-state index in [0.717, 1.165) is 52.1 Å². The summed E-state index contributed by atoms with van der Waals surface area (Å²) in [5, 5.41) is 6.58. The number of anilines is 1. The predicted molar refractivity (Wildman–Crippen MR) is 94.2 cm³/mol. The van der Waals surface area contributed by atoms with Crippen LogP contribution in [-0.4, -0.2) is 68.8 Å². The van der Waals surface area contributed by atoms with Gasteiger partial charge in [-0.3, -0.25) is 0 Å². The Hall–Kier alpha value is -1.25. The molecule has 2 aliphatic heterocycles. The average Bonchev–Trinajstić information content (AvgIpc) is 3.08. The first-order chi connectivity index (χ1) is 11.5. The van der Waals surface area contributed by atoms with Crippen LogP contribution in [0.1, 0.15) is 37.3 Å². The largest absolute Gasteiger partial charge is 0.353 e. The van der Waals surface area contributed by atoms with Crippen LogP contribution in [0.25, 0.3) is 0 Å². The summed E-state index contributed by atoms with van der Waals surface area (Å²) in [6, 6.07) is 0. The van der Waals surface area contributed by atoms with Gasteiger partial charge in [0.25, 0.3) is 0 Å². The Balaban J connectivity index is 1.73. The predicted octanol–water partition coefficient (Wildman–Crippen LogP) is 0.855.